The highest BCUT2D eigenvalue weighted by Gasteiger charge is 2.35. The van der Waals surface area contributed by atoms with Crippen molar-refractivity contribution in [2.24, 2.45) is 14.1 Å². The Morgan fingerprint density at radius 3 is 1.97 bits per heavy atom. The molecule has 6 aromatic rings. The van der Waals surface area contributed by atoms with Gasteiger partial charge in [-0.1, -0.05) is 12.1 Å². The Labute approximate surface area is 345 Å². The van der Waals surface area contributed by atoms with Crippen LogP contribution in [0.3, 0.4) is 0 Å². The van der Waals surface area contributed by atoms with Crippen LogP contribution in [0.25, 0.3) is 45.3 Å². The molecule has 61 heavy (non-hydrogen) atoms. The van der Waals surface area contributed by atoms with Crippen molar-refractivity contribution in [2.45, 2.75) is 18.3 Å². The van der Waals surface area contributed by atoms with Crippen LogP contribution in [0, 0.1) is 11.6 Å². The fourth-order valence-electron chi connectivity index (χ4n) is 6.41. The number of carbonyl (C=O) groups excluding carboxylic acids is 1. The quantitative estimate of drug-likeness (QED) is 0.133. The smallest absolute Gasteiger partial charge is 0.441 e. The number of hydrogen-bond donors (Lipinski definition) is 2. The fraction of sp³-hybridized carbons (Fsp3) is 0.324. The minimum atomic E-state index is -4.70. The number of hydrogen-bond acceptors (Lipinski definition) is 17. The van der Waals surface area contributed by atoms with Gasteiger partial charge in [0.05, 0.1) is 52.8 Å². The molecule has 0 spiro atoms. The summed E-state index contributed by atoms with van der Waals surface area (Å²) in [6.45, 7) is -0.848. The van der Waals surface area contributed by atoms with Gasteiger partial charge in [0, 0.05) is 46.9 Å². The van der Waals surface area contributed by atoms with Crippen LogP contribution in [0.15, 0.2) is 73.1 Å². The topological polar surface area (TPSA) is 240 Å². The summed E-state index contributed by atoms with van der Waals surface area (Å²) in [5.74, 6) is -0.392. The third-order valence-electron chi connectivity index (χ3n) is 9.44. The molecule has 24 heteroatoms. The maximum absolute atomic E-state index is 15.2. The van der Waals surface area contributed by atoms with Crippen molar-refractivity contribution < 1.29 is 51.4 Å². The molecular weight excluding hydrogens is 825 g/mol. The van der Waals surface area contributed by atoms with Crippen LogP contribution in [0.4, 0.5) is 25.0 Å². The third-order valence-corrected chi connectivity index (χ3v) is 10.4. The molecule has 318 valence electrons. The number of tetrazole rings is 2. The van der Waals surface area contributed by atoms with Crippen LogP contribution in [0.5, 0.6) is 0 Å². The molecule has 4 unspecified atom stereocenters. The van der Waals surface area contributed by atoms with Crippen molar-refractivity contribution in [3.8, 4) is 45.3 Å². The summed E-state index contributed by atoms with van der Waals surface area (Å²) in [5, 5.41) is 33.9. The lowest BCUT2D eigenvalue weighted by molar-refractivity contribution is -0.0300. The molecule has 2 fully saturated rings. The molecule has 0 bridgehead atoms. The third kappa shape index (κ3) is 9.89. The highest BCUT2D eigenvalue weighted by Crippen LogP contribution is 2.44. The van der Waals surface area contributed by atoms with E-state index in [1.165, 1.54) is 34.0 Å². The van der Waals surface area contributed by atoms with Crippen LogP contribution >= 0.6 is 7.82 Å². The first-order valence-corrected chi connectivity index (χ1v) is 20.1. The number of halogens is 2. The summed E-state index contributed by atoms with van der Waals surface area (Å²) in [7, 11) is -1.43. The number of phosphoric acid groups is 1. The van der Waals surface area contributed by atoms with Crippen LogP contribution in [0.1, 0.15) is 0 Å². The Morgan fingerprint density at radius 2 is 1.41 bits per heavy atom. The van der Waals surface area contributed by atoms with Gasteiger partial charge < -0.3 is 29.1 Å². The number of aliphatic hydroxyl groups is 1. The van der Waals surface area contributed by atoms with Crippen LogP contribution in [-0.4, -0.2) is 131 Å². The number of cyclic esters (lactones) is 1. The lowest BCUT2D eigenvalue weighted by Gasteiger charge is -2.18. The Kier molecular flexibility index (Phi) is 12.1. The lowest BCUT2D eigenvalue weighted by Crippen LogP contribution is -2.28. The van der Waals surface area contributed by atoms with Crippen molar-refractivity contribution in [3.05, 3.63) is 84.7 Å². The standard InChI is InChI=1S/C37H37F2N12O9P/c1-48-44-35(42-46-48)33-9-3-22(13-40-33)29-7-5-24(11-31(29)38)50-15-27(57-21-50)19-56-17-26(52)18-58-61(54,55)59-20-28-16-51(37(53)60-28)25-6-8-30(32(39)12-25)23-4-10-34(41-14-23)36-43-47-49(2)45-36/h3-14,26-28,52H,15-21H2,1-2H3,(H,54,55). The Hall–Kier alpha value is -6.20. The highest BCUT2D eigenvalue weighted by molar-refractivity contribution is 7.47. The molecule has 0 saturated carbocycles. The van der Waals surface area contributed by atoms with E-state index in [9.17, 15) is 19.4 Å². The Bertz CT molecular complexity index is 2550. The lowest BCUT2D eigenvalue weighted by atomic mass is 10.1. The number of aryl methyl sites for hydroxylation is 2. The van der Waals surface area contributed by atoms with Crippen molar-refractivity contribution in [1.29, 1.82) is 0 Å². The van der Waals surface area contributed by atoms with Gasteiger partial charge in [0.15, 0.2) is 0 Å². The van der Waals surface area contributed by atoms with Gasteiger partial charge in [0.2, 0.25) is 11.6 Å². The van der Waals surface area contributed by atoms with E-state index in [-0.39, 0.29) is 37.7 Å². The van der Waals surface area contributed by atoms with E-state index >= 15 is 8.78 Å². The highest BCUT2D eigenvalue weighted by atomic mass is 31.2. The SMILES string of the molecule is Cn1nnc(-c2ccc(-c3ccc(N4COC(COCC(O)COP(=O)(O)OCC5CN(c6ccc(-c7ccc(-c8nnn(C)n8)nc7)c(F)c6)C(=O)O5)C4)cc3F)cn2)n1. The second-order valence-corrected chi connectivity index (χ2v) is 15.4. The number of nitrogens with zero attached hydrogens (tertiary/aromatic N) is 12. The number of ether oxygens (including phenoxy) is 3. The zero-order chi connectivity index (χ0) is 42.7. The van der Waals surface area contributed by atoms with E-state index < -0.39 is 57.1 Å². The van der Waals surface area contributed by atoms with Crippen molar-refractivity contribution >= 4 is 25.3 Å². The van der Waals surface area contributed by atoms with Gasteiger partial charge in [-0.05, 0) is 59.0 Å². The summed E-state index contributed by atoms with van der Waals surface area (Å²) in [6, 6.07) is 15.7. The number of aromatic nitrogens is 10. The second-order valence-electron chi connectivity index (χ2n) is 13.9. The molecule has 1 amide bonds. The van der Waals surface area contributed by atoms with E-state index in [4.69, 9.17) is 23.3 Å². The van der Waals surface area contributed by atoms with Crippen molar-refractivity contribution in [2.75, 3.05) is 56.0 Å². The summed E-state index contributed by atoms with van der Waals surface area (Å²) in [5.41, 5.74) is 3.42. The van der Waals surface area contributed by atoms with Crippen LogP contribution in [0.2, 0.25) is 0 Å². The summed E-state index contributed by atoms with van der Waals surface area (Å²) in [6.07, 6.45) is -0.484. The molecule has 8 rings (SSSR count). The van der Waals surface area contributed by atoms with E-state index in [1.54, 1.807) is 56.7 Å². The molecule has 4 aromatic heterocycles. The van der Waals surface area contributed by atoms with Crippen molar-refractivity contribution in [1.82, 2.24) is 50.4 Å². The van der Waals surface area contributed by atoms with Gasteiger partial charge in [-0.3, -0.25) is 23.9 Å². The molecule has 4 atom stereocenters. The molecule has 2 aliphatic rings. The molecule has 0 aliphatic carbocycles. The first-order chi connectivity index (χ1) is 29.4. The average Bonchev–Trinajstić information content (AvgIpc) is 4.08. The second kappa shape index (κ2) is 17.8. The number of phosphoric ester groups is 1. The molecule has 2 aromatic carbocycles. The predicted octanol–water partition coefficient (Wildman–Crippen LogP) is 3.17. The molecule has 21 nitrogen and oxygen atoms in total. The number of amides is 1. The van der Waals surface area contributed by atoms with Gasteiger partial charge in [-0.15, -0.1) is 20.4 Å². The van der Waals surface area contributed by atoms with Gasteiger partial charge in [0.25, 0.3) is 0 Å². The van der Waals surface area contributed by atoms with E-state index in [0.29, 0.717) is 52.0 Å². The van der Waals surface area contributed by atoms with Crippen LogP contribution < -0.4 is 9.80 Å². The molecule has 6 heterocycles. The Balaban J connectivity index is 0.742. The Morgan fingerprint density at radius 1 is 0.803 bits per heavy atom. The number of anilines is 2. The first-order valence-electron chi connectivity index (χ1n) is 18.6. The van der Waals surface area contributed by atoms with Crippen LogP contribution in [-0.2, 0) is 41.9 Å². The number of pyridine rings is 2. The fourth-order valence-corrected chi connectivity index (χ4v) is 7.20. The molecule has 2 N–H and O–H groups in total. The van der Waals surface area contributed by atoms with E-state index in [2.05, 4.69) is 40.8 Å². The average molecular weight is 863 g/mol. The predicted molar refractivity (Wildman–Crippen MR) is 208 cm³/mol. The van der Waals surface area contributed by atoms with E-state index in [0.717, 1.165) is 11.0 Å². The number of benzene rings is 2. The maximum Gasteiger partial charge on any atom is 0.472 e. The minimum absolute atomic E-state index is 0.0727. The maximum atomic E-state index is 15.2. The van der Waals surface area contributed by atoms with Gasteiger partial charge >= 0.3 is 13.9 Å². The largest absolute Gasteiger partial charge is 0.472 e. The van der Waals surface area contributed by atoms with E-state index in [1.807, 2.05) is 4.90 Å². The zero-order valence-corrected chi connectivity index (χ0v) is 33.3. The van der Waals surface area contributed by atoms with Gasteiger partial charge in [0.1, 0.15) is 48.1 Å². The molecule has 2 aliphatic heterocycles. The summed E-state index contributed by atoms with van der Waals surface area (Å²) < 4.78 is 69.5. The first kappa shape index (κ1) is 41.5. The summed E-state index contributed by atoms with van der Waals surface area (Å²) >= 11 is 0. The number of rotatable bonds is 16. The number of aliphatic hydroxyl groups excluding tert-OH is 1. The summed E-state index contributed by atoms with van der Waals surface area (Å²) in [4.78, 5) is 37.0. The molecule has 0 radical (unpaired) electrons. The zero-order valence-electron chi connectivity index (χ0n) is 32.4. The monoisotopic (exact) mass is 862 g/mol. The van der Waals surface area contributed by atoms with Gasteiger partial charge in [-0.2, -0.15) is 9.59 Å². The van der Waals surface area contributed by atoms with Crippen molar-refractivity contribution in [3.63, 3.8) is 0 Å². The normalized spacial score (nSPS) is 18.1. The van der Waals surface area contributed by atoms with Gasteiger partial charge in [-0.25, -0.2) is 18.1 Å². The number of carbonyl (C=O) groups is 1. The molecule has 2 saturated heterocycles. The molecular formula is C37H37F2N12O9P. The minimum Gasteiger partial charge on any atom is -0.441 e.